The Kier molecular flexibility index (Phi) is 6.99. The van der Waals surface area contributed by atoms with Gasteiger partial charge < -0.3 is 9.32 Å². The second-order valence-corrected chi connectivity index (χ2v) is 12.7. The van der Waals surface area contributed by atoms with Gasteiger partial charge in [0.25, 0.3) is 0 Å². The molecule has 0 saturated heterocycles. The lowest BCUT2D eigenvalue weighted by molar-refractivity contribution is 0.668. The van der Waals surface area contributed by atoms with E-state index >= 15 is 0 Å². The van der Waals surface area contributed by atoms with Gasteiger partial charge in [0.1, 0.15) is 11.2 Å². The lowest BCUT2D eigenvalue weighted by atomic mass is 10.1. The topological polar surface area (TPSA) is 80.8 Å². The summed E-state index contributed by atoms with van der Waals surface area (Å²) in [4.78, 5) is 25.3. The van der Waals surface area contributed by atoms with E-state index in [0.717, 1.165) is 94.6 Å². The van der Waals surface area contributed by atoms with Crippen LogP contribution in [0.4, 0.5) is 17.1 Å². The molecule has 10 rings (SSSR count). The van der Waals surface area contributed by atoms with Crippen molar-refractivity contribution in [2.75, 3.05) is 4.90 Å². The number of fused-ring (bicyclic) bond motifs is 5. The average Bonchev–Trinajstić information content (AvgIpc) is 3.59. The molecule has 10 aromatic rings. The van der Waals surface area contributed by atoms with E-state index in [9.17, 15) is 0 Å². The molecule has 0 N–H and O–H groups in total. The lowest BCUT2D eigenvalue weighted by Crippen LogP contribution is -2.09. The van der Waals surface area contributed by atoms with Crippen molar-refractivity contribution in [3.63, 3.8) is 0 Å². The number of pyridine rings is 5. The molecular formula is C45H28N6O. The van der Waals surface area contributed by atoms with Crippen LogP contribution in [0, 0.1) is 0 Å². The molecule has 0 radical (unpaired) electrons. The molecule has 0 saturated carbocycles. The van der Waals surface area contributed by atoms with Crippen LogP contribution in [0.3, 0.4) is 0 Å². The van der Waals surface area contributed by atoms with Crippen LogP contribution in [0.1, 0.15) is 0 Å². The zero-order valence-electron chi connectivity index (χ0n) is 27.8. The number of rotatable bonds is 6. The van der Waals surface area contributed by atoms with Crippen molar-refractivity contribution in [3.8, 4) is 33.8 Å². The van der Waals surface area contributed by atoms with Crippen molar-refractivity contribution in [1.82, 2.24) is 24.9 Å². The second-order valence-electron chi connectivity index (χ2n) is 12.7. The Morgan fingerprint density at radius 2 is 0.942 bits per heavy atom. The summed E-state index contributed by atoms with van der Waals surface area (Å²) in [6, 6.07) is 47.9. The number of benzene rings is 4. The predicted molar refractivity (Wildman–Crippen MR) is 209 cm³/mol. The fraction of sp³-hybridized carbons (Fsp3) is 0. The third-order valence-corrected chi connectivity index (χ3v) is 9.52. The number of nitrogens with zero attached hydrogens (tertiary/aromatic N) is 6. The van der Waals surface area contributed by atoms with E-state index in [4.69, 9.17) is 19.4 Å². The first-order valence-corrected chi connectivity index (χ1v) is 17.0. The minimum atomic E-state index is 0.825. The maximum atomic E-state index is 6.15. The van der Waals surface area contributed by atoms with E-state index < -0.39 is 0 Å². The molecule has 6 aromatic heterocycles. The van der Waals surface area contributed by atoms with Crippen LogP contribution in [0.15, 0.2) is 175 Å². The summed E-state index contributed by atoms with van der Waals surface area (Å²) in [5.41, 5.74) is 12.2. The third-order valence-electron chi connectivity index (χ3n) is 9.52. The summed E-state index contributed by atoms with van der Waals surface area (Å²) >= 11 is 0. The SMILES string of the molecule is c1ccc2c(c1)oc1cc(-c3ccc(N(c4ccc(-c5ccc6ccncc6n5)cc4)c4ccc(-c5ccc6ccncc6n5)cc4)cc3)ncc12. The van der Waals surface area contributed by atoms with Gasteiger partial charge in [-0.1, -0.05) is 66.7 Å². The standard InChI is InChI=1S/C45H28N6O/c1-2-4-44-37(3-1)38-26-48-41(25-45(38)52-44)31-9-17-36(18-10-31)51(34-13-5-29(6-14-34)39-19-11-32-21-23-46-27-42(32)49-39)35-15-7-30(8-16-35)40-20-12-33-22-24-47-28-43(33)50-40/h1-28H. The molecule has 6 heterocycles. The van der Waals surface area contributed by atoms with Gasteiger partial charge in [-0.05, 0) is 66.7 Å². The summed E-state index contributed by atoms with van der Waals surface area (Å²) in [5, 5.41) is 4.22. The van der Waals surface area contributed by atoms with Crippen molar-refractivity contribution < 1.29 is 4.42 Å². The number of para-hydroxylation sites is 1. The molecule has 0 bridgehead atoms. The number of hydrogen-bond donors (Lipinski definition) is 0. The van der Waals surface area contributed by atoms with Gasteiger partial charge in [0.2, 0.25) is 0 Å². The monoisotopic (exact) mass is 668 g/mol. The number of furan rings is 1. The van der Waals surface area contributed by atoms with Crippen molar-refractivity contribution in [2.24, 2.45) is 0 Å². The quantitative estimate of drug-likeness (QED) is 0.174. The maximum Gasteiger partial charge on any atom is 0.139 e. The van der Waals surface area contributed by atoms with Gasteiger partial charge in [0.05, 0.1) is 40.5 Å². The first-order valence-electron chi connectivity index (χ1n) is 17.0. The molecule has 0 aliphatic heterocycles. The zero-order valence-corrected chi connectivity index (χ0v) is 27.8. The van der Waals surface area contributed by atoms with Crippen LogP contribution >= 0.6 is 0 Å². The summed E-state index contributed by atoms with van der Waals surface area (Å²) in [6.07, 6.45) is 9.09. The number of aromatic nitrogens is 5. The highest BCUT2D eigenvalue weighted by atomic mass is 16.3. The van der Waals surface area contributed by atoms with Gasteiger partial charge in [-0.2, -0.15) is 0 Å². The van der Waals surface area contributed by atoms with E-state index in [1.165, 1.54) is 0 Å². The highest BCUT2D eigenvalue weighted by Crippen LogP contribution is 2.38. The van der Waals surface area contributed by atoms with Crippen molar-refractivity contribution in [3.05, 3.63) is 171 Å². The van der Waals surface area contributed by atoms with E-state index in [0.29, 0.717) is 0 Å². The van der Waals surface area contributed by atoms with Crippen LogP contribution in [0.25, 0.3) is 77.5 Å². The van der Waals surface area contributed by atoms with E-state index in [2.05, 4.69) is 118 Å². The normalized spacial score (nSPS) is 11.5. The molecule has 0 fully saturated rings. The van der Waals surface area contributed by atoms with Gasteiger partial charge >= 0.3 is 0 Å². The molecule has 0 unspecified atom stereocenters. The smallest absolute Gasteiger partial charge is 0.139 e. The molecular weight excluding hydrogens is 641 g/mol. The highest BCUT2D eigenvalue weighted by Gasteiger charge is 2.15. The molecule has 0 aliphatic rings. The fourth-order valence-corrected chi connectivity index (χ4v) is 6.82. The number of anilines is 3. The molecule has 0 amide bonds. The van der Waals surface area contributed by atoms with E-state index in [1.807, 2.05) is 42.6 Å². The van der Waals surface area contributed by atoms with Crippen molar-refractivity contribution >= 4 is 60.8 Å². The van der Waals surface area contributed by atoms with E-state index in [-0.39, 0.29) is 0 Å². The average molecular weight is 669 g/mol. The zero-order chi connectivity index (χ0) is 34.4. The molecule has 0 spiro atoms. The van der Waals surface area contributed by atoms with Crippen LogP contribution in [0.5, 0.6) is 0 Å². The van der Waals surface area contributed by atoms with Crippen LogP contribution in [-0.4, -0.2) is 24.9 Å². The lowest BCUT2D eigenvalue weighted by Gasteiger charge is -2.26. The third kappa shape index (κ3) is 5.28. The molecule has 0 aliphatic carbocycles. The molecule has 4 aromatic carbocycles. The molecule has 244 valence electrons. The first kappa shape index (κ1) is 29.6. The van der Waals surface area contributed by atoms with Gasteiger partial charge in [-0.15, -0.1) is 0 Å². The Hall–Kier alpha value is -7.25. The minimum Gasteiger partial charge on any atom is -0.456 e. The second kappa shape index (κ2) is 12.3. The fourth-order valence-electron chi connectivity index (χ4n) is 6.82. The van der Waals surface area contributed by atoms with Gasteiger partial charge in [-0.25, -0.2) is 9.97 Å². The molecule has 52 heavy (non-hydrogen) atoms. The van der Waals surface area contributed by atoms with Gasteiger partial charge in [0.15, 0.2) is 0 Å². The Labute approximate surface area is 298 Å². The summed E-state index contributed by atoms with van der Waals surface area (Å²) in [6.45, 7) is 0. The Morgan fingerprint density at radius 3 is 1.50 bits per heavy atom. The largest absolute Gasteiger partial charge is 0.456 e. The van der Waals surface area contributed by atoms with Gasteiger partial charge in [-0.3, -0.25) is 15.0 Å². The Bertz CT molecular complexity index is 2780. The van der Waals surface area contributed by atoms with E-state index in [1.54, 1.807) is 24.8 Å². The molecule has 0 atom stereocenters. The van der Waals surface area contributed by atoms with Crippen molar-refractivity contribution in [2.45, 2.75) is 0 Å². The van der Waals surface area contributed by atoms with Crippen LogP contribution < -0.4 is 4.90 Å². The van der Waals surface area contributed by atoms with Crippen LogP contribution in [-0.2, 0) is 0 Å². The summed E-state index contributed by atoms with van der Waals surface area (Å²) < 4.78 is 6.15. The minimum absolute atomic E-state index is 0.825. The number of hydrogen-bond acceptors (Lipinski definition) is 7. The Balaban J connectivity index is 1.02. The highest BCUT2D eigenvalue weighted by molar-refractivity contribution is 6.05. The van der Waals surface area contributed by atoms with Crippen molar-refractivity contribution in [1.29, 1.82) is 0 Å². The summed E-state index contributed by atoms with van der Waals surface area (Å²) in [7, 11) is 0. The first-order chi connectivity index (χ1) is 25.7. The van der Waals surface area contributed by atoms with Crippen LogP contribution in [0.2, 0.25) is 0 Å². The predicted octanol–water partition coefficient (Wildman–Crippen LogP) is 11.3. The molecule has 7 heteroatoms. The van der Waals surface area contributed by atoms with Gasteiger partial charge in [0, 0.05) is 80.0 Å². The Morgan fingerprint density at radius 1 is 0.423 bits per heavy atom. The summed E-state index contributed by atoms with van der Waals surface area (Å²) in [5.74, 6) is 0. The molecule has 7 nitrogen and oxygen atoms in total. The maximum absolute atomic E-state index is 6.15.